The van der Waals surface area contributed by atoms with Crippen LogP contribution in [-0.4, -0.2) is 36.4 Å². The maximum atomic E-state index is 12.0. The molecule has 0 spiro atoms. The van der Waals surface area contributed by atoms with Crippen LogP contribution < -0.4 is 15.5 Å². The summed E-state index contributed by atoms with van der Waals surface area (Å²) in [5.74, 6) is 0.911. The minimum Gasteiger partial charge on any atom is -0.356 e. The molecule has 2 N–H and O–H groups in total. The molecule has 2 amide bonds. The zero-order valence-corrected chi connectivity index (χ0v) is 13.3. The van der Waals surface area contributed by atoms with E-state index < -0.39 is 0 Å². The van der Waals surface area contributed by atoms with E-state index in [1.807, 2.05) is 13.0 Å². The summed E-state index contributed by atoms with van der Waals surface area (Å²) in [4.78, 5) is 29.8. The van der Waals surface area contributed by atoms with E-state index in [0.717, 1.165) is 50.4 Å². The van der Waals surface area contributed by atoms with Gasteiger partial charge >= 0.3 is 0 Å². The van der Waals surface area contributed by atoms with Crippen LogP contribution in [0.1, 0.15) is 33.1 Å². The molecule has 0 bridgehead atoms. The molecule has 22 heavy (non-hydrogen) atoms. The van der Waals surface area contributed by atoms with Gasteiger partial charge in [0.25, 0.3) is 0 Å². The van der Waals surface area contributed by atoms with Crippen LogP contribution in [0.15, 0.2) is 18.3 Å². The number of nitrogens with one attached hydrogen (secondary N) is 2. The van der Waals surface area contributed by atoms with Crippen molar-refractivity contribution in [2.45, 2.75) is 33.1 Å². The predicted octanol–water partition coefficient (Wildman–Crippen LogP) is 1.78. The average Bonchev–Trinajstić information content (AvgIpc) is 2.53. The lowest BCUT2D eigenvalue weighted by atomic mass is 9.96. The van der Waals surface area contributed by atoms with Crippen LogP contribution in [0.25, 0.3) is 0 Å². The van der Waals surface area contributed by atoms with Gasteiger partial charge in [0.15, 0.2) is 5.82 Å². The zero-order chi connectivity index (χ0) is 15.9. The van der Waals surface area contributed by atoms with E-state index >= 15 is 0 Å². The van der Waals surface area contributed by atoms with Gasteiger partial charge in [0, 0.05) is 38.7 Å². The first-order valence-electron chi connectivity index (χ1n) is 7.87. The van der Waals surface area contributed by atoms with Crippen molar-refractivity contribution in [3.8, 4) is 0 Å². The van der Waals surface area contributed by atoms with E-state index in [1.165, 1.54) is 6.92 Å². The van der Waals surface area contributed by atoms with Gasteiger partial charge in [-0.25, -0.2) is 4.98 Å². The Labute approximate surface area is 131 Å². The number of amides is 2. The molecule has 0 radical (unpaired) electrons. The monoisotopic (exact) mass is 304 g/mol. The molecule has 1 aliphatic heterocycles. The molecule has 1 aromatic heterocycles. The summed E-state index contributed by atoms with van der Waals surface area (Å²) in [5.41, 5.74) is 0.726. The summed E-state index contributed by atoms with van der Waals surface area (Å²) >= 11 is 0. The van der Waals surface area contributed by atoms with Gasteiger partial charge in [0.2, 0.25) is 11.8 Å². The Morgan fingerprint density at radius 3 is 2.73 bits per heavy atom. The van der Waals surface area contributed by atoms with Crippen LogP contribution in [0.5, 0.6) is 0 Å². The van der Waals surface area contributed by atoms with Crippen molar-refractivity contribution >= 4 is 23.3 Å². The molecule has 1 aromatic rings. The lowest BCUT2D eigenvalue weighted by Crippen LogP contribution is -2.41. The third-order valence-electron chi connectivity index (χ3n) is 3.81. The summed E-state index contributed by atoms with van der Waals surface area (Å²) in [7, 11) is 0. The second-order valence-electron chi connectivity index (χ2n) is 5.61. The number of aromatic nitrogens is 1. The second-order valence-corrected chi connectivity index (χ2v) is 5.61. The van der Waals surface area contributed by atoms with Gasteiger partial charge in [-0.1, -0.05) is 6.92 Å². The number of piperidine rings is 1. The van der Waals surface area contributed by atoms with Gasteiger partial charge in [-0.3, -0.25) is 9.59 Å². The van der Waals surface area contributed by atoms with Crippen LogP contribution in [0.3, 0.4) is 0 Å². The van der Waals surface area contributed by atoms with Crippen LogP contribution in [-0.2, 0) is 9.59 Å². The van der Waals surface area contributed by atoms with E-state index in [-0.39, 0.29) is 17.7 Å². The zero-order valence-electron chi connectivity index (χ0n) is 13.3. The maximum absolute atomic E-state index is 12.0. The molecule has 6 heteroatoms. The van der Waals surface area contributed by atoms with Gasteiger partial charge in [-0.05, 0) is 31.4 Å². The molecule has 1 aliphatic rings. The largest absolute Gasteiger partial charge is 0.356 e. The van der Waals surface area contributed by atoms with Gasteiger partial charge < -0.3 is 15.5 Å². The van der Waals surface area contributed by atoms with E-state index in [2.05, 4.69) is 20.5 Å². The SMILES string of the molecule is CCCNC(=O)C1CCN(c2ncccc2NC(C)=O)CC1. The molecular weight excluding hydrogens is 280 g/mol. The number of carbonyl (C=O) groups is 2. The molecule has 0 aromatic carbocycles. The Bertz CT molecular complexity index is 525. The quantitative estimate of drug-likeness (QED) is 0.869. The molecule has 2 rings (SSSR count). The lowest BCUT2D eigenvalue weighted by Gasteiger charge is -2.33. The molecule has 0 unspecified atom stereocenters. The third-order valence-corrected chi connectivity index (χ3v) is 3.81. The normalized spacial score (nSPS) is 15.5. The fourth-order valence-electron chi connectivity index (χ4n) is 2.68. The molecule has 0 aliphatic carbocycles. The molecule has 6 nitrogen and oxygen atoms in total. The summed E-state index contributed by atoms with van der Waals surface area (Å²) < 4.78 is 0. The van der Waals surface area contributed by atoms with Crippen LogP contribution in [0.4, 0.5) is 11.5 Å². The van der Waals surface area contributed by atoms with Gasteiger partial charge in [0.1, 0.15) is 0 Å². The maximum Gasteiger partial charge on any atom is 0.223 e. The van der Waals surface area contributed by atoms with Crippen molar-refractivity contribution in [3.05, 3.63) is 18.3 Å². The first kappa shape index (κ1) is 16.3. The summed E-state index contributed by atoms with van der Waals surface area (Å²) in [5, 5.41) is 5.77. The molecule has 1 fully saturated rings. The highest BCUT2D eigenvalue weighted by molar-refractivity contribution is 5.92. The predicted molar refractivity (Wildman–Crippen MR) is 86.8 cm³/mol. The highest BCUT2D eigenvalue weighted by Crippen LogP contribution is 2.27. The summed E-state index contributed by atoms with van der Waals surface area (Å²) in [6.07, 6.45) is 4.30. The number of nitrogens with zero attached hydrogens (tertiary/aromatic N) is 2. The van der Waals surface area contributed by atoms with Crippen molar-refractivity contribution in [2.24, 2.45) is 5.92 Å². The lowest BCUT2D eigenvalue weighted by molar-refractivity contribution is -0.125. The Morgan fingerprint density at radius 1 is 1.36 bits per heavy atom. The molecule has 0 atom stereocenters. The van der Waals surface area contributed by atoms with Gasteiger partial charge in [-0.2, -0.15) is 0 Å². The first-order valence-corrected chi connectivity index (χ1v) is 7.87. The highest BCUT2D eigenvalue weighted by atomic mass is 16.2. The Kier molecular flexibility index (Phi) is 5.75. The Morgan fingerprint density at radius 2 is 2.09 bits per heavy atom. The minimum atomic E-state index is -0.108. The topological polar surface area (TPSA) is 74.3 Å². The minimum absolute atomic E-state index is 0.0794. The number of hydrogen-bond acceptors (Lipinski definition) is 4. The number of pyridine rings is 1. The molecule has 120 valence electrons. The number of carbonyl (C=O) groups excluding carboxylic acids is 2. The first-order chi connectivity index (χ1) is 10.6. The van der Waals surface area contributed by atoms with Crippen LogP contribution in [0.2, 0.25) is 0 Å². The molecule has 0 saturated carbocycles. The fourth-order valence-corrected chi connectivity index (χ4v) is 2.68. The van der Waals surface area contributed by atoms with Gasteiger partial charge in [-0.15, -0.1) is 0 Å². The summed E-state index contributed by atoms with van der Waals surface area (Å²) in [6.45, 7) is 5.82. The van der Waals surface area contributed by atoms with Crippen molar-refractivity contribution in [3.63, 3.8) is 0 Å². The van der Waals surface area contributed by atoms with Crippen molar-refractivity contribution in [1.29, 1.82) is 0 Å². The van der Waals surface area contributed by atoms with Crippen LogP contribution in [0, 0.1) is 5.92 Å². The third kappa shape index (κ3) is 4.19. The van der Waals surface area contributed by atoms with E-state index in [1.54, 1.807) is 12.3 Å². The standard InChI is InChI=1S/C16H24N4O2/c1-3-8-18-16(22)13-6-10-20(11-7-13)15-14(19-12(2)21)5-4-9-17-15/h4-5,9,13H,3,6-8,10-11H2,1-2H3,(H,18,22)(H,19,21). The Hall–Kier alpha value is -2.11. The number of anilines is 2. The molecule has 1 saturated heterocycles. The van der Waals surface area contributed by atoms with Crippen LogP contribution >= 0.6 is 0 Å². The second kappa shape index (κ2) is 7.77. The highest BCUT2D eigenvalue weighted by Gasteiger charge is 2.26. The number of hydrogen-bond donors (Lipinski definition) is 2. The van der Waals surface area contributed by atoms with Crippen molar-refractivity contribution in [1.82, 2.24) is 10.3 Å². The molecule has 2 heterocycles. The average molecular weight is 304 g/mol. The fraction of sp³-hybridized carbons (Fsp3) is 0.562. The van der Waals surface area contributed by atoms with E-state index in [9.17, 15) is 9.59 Å². The number of rotatable bonds is 5. The Balaban J connectivity index is 1.97. The van der Waals surface area contributed by atoms with Crippen molar-refractivity contribution in [2.75, 3.05) is 29.9 Å². The smallest absolute Gasteiger partial charge is 0.223 e. The van der Waals surface area contributed by atoms with Gasteiger partial charge in [0.05, 0.1) is 5.69 Å². The molecular formula is C16H24N4O2. The van der Waals surface area contributed by atoms with Crippen molar-refractivity contribution < 1.29 is 9.59 Å². The van der Waals surface area contributed by atoms with E-state index in [0.29, 0.717) is 0 Å². The van der Waals surface area contributed by atoms with E-state index in [4.69, 9.17) is 0 Å². The summed E-state index contributed by atoms with van der Waals surface area (Å²) in [6, 6.07) is 3.66.